The number of alkyl halides is 3. The molecule has 3 heterocycles. The molecule has 2 aromatic carbocycles. The number of hydrogen-bond acceptors (Lipinski definition) is 5. The minimum absolute atomic E-state index is 0.104. The van der Waals surface area contributed by atoms with Crippen LogP contribution in [0.25, 0.3) is 0 Å². The molecule has 10 heteroatoms. The molecule has 3 aliphatic rings. The van der Waals surface area contributed by atoms with Gasteiger partial charge in [-0.1, -0.05) is 30.3 Å². The third-order valence-corrected chi connectivity index (χ3v) is 7.98. The number of piperidine rings is 2. The Morgan fingerprint density at radius 2 is 1.79 bits per heavy atom. The largest absolute Gasteiger partial charge is 0.489 e. The number of fused-ring (bicyclic) bond motifs is 1. The zero-order valence-electron chi connectivity index (χ0n) is 21.1. The predicted molar refractivity (Wildman–Crippen MR) is 132 cm³/mol. The van der Waals surface area contributed by atoms with Crippen LogP contribution in [0, 0.1) is 0 Å². The Morgan fingerprint density at radius 3 is 2.50 bits per heavy atom. The standard InChI is InChI=1S/C28H30F3N3O4/c1-27(28(29,30)31)13-2-3-14-33(27)15-18-7-9-19(10-8-18)17-38-23-6-4-5-20-21(23)16-34(26(20)37)22-11-12-24(35)32-25(22)36/h4-10,22H,2-3,11-17H2,1H3,(H,32,35,36). The maximum absolute atomic E-state index is 13.8. The fourth-order valence-corrected chi connectivity index (χ4v) is 5.57. The van der Waals surface area contributed by atoms with E-state index in [9.17, 15) is 27.6 Å². The Morgan fingerprint density at radius 1 is 1.05 bits per heavy atom. The van der Waals surface area contributed by atoms with E-state index in [0.29, 0.717) is 29.8 Å². The first kappa shape index (κ1) is 26.2. The van der Waals surface area contributed by atoms with Crippen molar-refractivity contribution < 1.29 is 32.3 Å². The van der Waals surface area contributed by atoms with Gasteiger partial charge in [-0.05, 0) is 62.4 Å². The Balaban J connectivity index is 1.24. The first-order chi connectivity index (χ1) is 18.1. The number of carbonyl (C=O) groups is 3. The molecule has 202 valence electrons. The molecule has 0 spiro atoms. The van der Waals surface area contributed by atoms with E-state index in [-0.39, 0.29) is 50.8 Å². The molecular weight excluding hydrogens is 499 g/mol. The third-order valence-electron chi connectivity index (χ3n) is 7.98. The molecule has 1 N–H and O–H groups in total. The van der Waals surface area contributed by atoms with Crippen molar-refractivity contribution in [1.82, 2.24) is 15.1 Å². The molecule has 0 aromatic heterocycles. The van der Waals surface area contributed by atoms with Gasteiger partial charge in [0.05, 0.1) is 6.54 Å². The highest BCUT2D eigenvalue weighted by molar-refractivity contribution is 6.05. The number of hydrogen-bond donors (Lipinski definition) is 1. The molecule has 0 radical (unpaired) electrons. The van der Waals surface area contributed by atoms with Crippen molar-refractivity contribution in [3.63, 3.8) is 0 Å². The lowest BCUT2D eigenvalue weighted by Gasteiger charge is -2.45. The van der Waals surface area contributed by atoms with Gasteiger partial charge in [0.1, 0.15) is 23.9 Å². The molecule has 0 aliphatic carbocycles. The van der Waals surface area contributed by atoms with E-state index in [1.807, 2.05) is 24.3 Å². The number of nitrogens with one attached hydrogen (secondary N) is 1. The Hall–Kier alpha value is -3.40. The molecule has 7 nitrogen and oxygen atoms in total. The second kappa shape index (κ2) is 10.1. The van der Waals surface area contributed by atoms with E-state index >= 15 is 0 Å². The first-order valence-corrected chi connectivity index (χ1v) is 12.9. The number of amides is 3. The highest BCUT2D eigenvalue weighted by atomic mass is 19.4. The van der Waals surface area contributed by atoms with Crippen LogP contribution in [0.3, 0.4) is 0 Å². The second-order valence-electron chi connectivity index (χ2n) is 10.4. The quantitative estimate of drug-likeness (QED) is 0.564. The molecular formula is C28H30F3N3O4. The van der Waals surface area contributed by atoms with Crippen LogP contribution >= 0.6 is 0 Å². The summed E-state index contributed by atoms with van der Waals surface area (Å²) in [7, 11) is 0. The van der Waals surface area contributed by atoms with Crippen molar-refractivity contribution in [2.24, 2.45) is 0 Å². The van der Waals surface area contributed by atoms with Gasteiger partial charge in [-0.25, -0.2) is 0 Å². The van der Waals surface area contributed by atoms with Gasteiger partial charge in [-0.15, -0.1) is 0 Å². The van der Waals surface area contributed by atoms with Gasteiger partial charge in [0.15, 0.2) is 0 Å². The number of likely N-dealkylation sites (tertiary alicyclic amines) is 1. The van der Waals surface area contributed by atoms with Gasteiger partial charge in [0, 0.05) is 24.1 Å². The summed E-state index contributed by atoms with van der Waals surface area (Å²) in [5.74, 6) is -0.544. The van der Waals surface area contributed by atoms with Crippen molar-refractivity contribution in [2.75, 3.05) is 6.54 Å². The molecule has 2 fully saturated rings. The van der Waals surface area contributed by atoms with Crippen LogP contribution in [-0.2, 0) is 29.3 Å². The first-order valence-electron chi connectivity index (χ1n) is 12.9. The summed E-state index contributed by atoms with van der Waals surface area (Å²) >= 11 is 0. The summed E-state index contributed by atoms with van der Waals surface area (Å²) in [5, 5.41) is 2.30. The van der Waals surface area contributed by atoms with Crippen LogP contribution in [0.15, 0.2) is 42.5 Å². The van der Waals surface area contributed by atoms with E-state index in [2.05, 4.69) is 5.32 Å². The fraction of sp³-hybridized carbons (Fsp3) is 0.464. The average molecular weight is 530 g/mol. The monoisotopic (exact) mass is 529 g/mol. The number of nitrogens with zero attached hydrogens (tertiary/aromatic N) is 2. The summed E-state index contributed by atoms with van der Waals surface area (Å²) in [6, 6.07) is 11.8. The second-order valence-corrected chi connectivity index (χ2v) is 10.4. The van der Waals surface area contributed by atoms with Crippen molar-refractivity contribution in [1.29, 1.82) is 0 Å². The molecule has 3 aliphatic heterocycles. The molecule has 2 saturated heterocycles. The lowest BCUT2D eigenvalue weighted by atomic mass is 9.87. The normalized spacial score (nSPS) is 24.4. The Labute approximate surface area is 218 Å². The van der Waals surface area contributed by atoms with E-state index in [0.717, 1.165) is 17.5 Å². The minimum atomic E-state index is -4.29. The molecule has 0 saturated carbocycles. The van der Waals surface area contributed by atoms with Crippen molar-refractivity contribution in [3.8, 4) is 5.75 Å². The lowest BCUT2D eigenvalue weighted by Crippen LogP contribution is -2.58. The number of imide groups is 1. The number of ether oxygens (including phenoxy) is 1. The molecule has 2 atom stereocenters. The van der Waals surface area contributed by atoms with Gasteiger partial charge < -0.3 is 9.64 Å². The summed E-state index contributed by atoms with van der Waals surface area (Å²) in [6.45, 7) is 2.35. The molecule has 0 bridgehead atoms. The average Bonchev–Trinajstić information content (AvgIpc) is 3.21. The highest BCUT2D eigenvalue weighted by Crippen LogP contribution is 2.42. The van der Waals surface area contributed by atoms with Gasteiger partial charge >= 0.3 is 6.18 Å². The van der Waals surface area contributed by atoms with Crippen LogP contribution < -0.4 is 10.1 Å². The summed E-state index contributed by atoms with van der Waals surface area (Å²) in [4.78, 5) is 39.8. The molecule has 38 heavy (non-hydrogen) atoms. The van der Waals surface area contributed by atoms with Crippen molar-refractivity contribution in [3.05, 3.63) is 64.7 Å². The zero-order valence-corrected chi connectivity index (χ0v) is 21.1. The topological polar surface area (TPSA) is 79.0 Å². The van der Waals surface area contributed by atoms with Crippen LogP contribution in [0.5, 0.6) is 5.75 Å². The van der Waals surface area contributed by atoms with Gasteiger partial charge in [-0.2, -0.15) is 13.2 Å². The number of benzene rings is 2. The number of carbonyl (C=O) groups excluding carboxylic acids is 3. The molecule has 3 amide bonds. The van der Waals surface area contributed by atoms with Crippen molar-refractivity contribution in [2.45, 2.75) is 76.5 Å². The number of halogens is 3. The van der Waals surface area contributed by atoms with E-state index in [1.54, 1.807) is 18.2 Å². The third kappa shape index (κ3) is 4.89. The maximum Gasteiger partial charge on any atom is 0.406 e. The van der Waals surface area contributed by atoms with E-state index in [1.165, 1.54) is 16.7 Å². The van der Waals surface area contributed by atoms with Gasteiger partial charge in [-0.3, -0.25) is 24.6 Å². The molecule has 2 unspecified atom stereocenters. The summed E-state index contributed by atoms with van der Waals surface area (Å²) < 4.78 is 47.4. The number of rotatable bonds is 6. The zero-order chi connectivity index (χ0) is 27.1. The van der Waals surface area contributed by atoms with Crippen LogP contribution in [0.4, 0.5) is 13.2 Å². The predicted octanol–water partition coefficient (Wildman–Crippen LogP) is 4.33. The Kier molecular flexibility index (Phi) is 6.94. The van der Waals surface area contributed by atoms with Gasteiger partial charge in [0.2, 0.25) is 11.8 Å². The smallest absolute Gasteiger partial charge is 0.406 e. The lowest BCUT2D eigenvalue weighted by molar-refractivity contribution is -0.237. The molecule has 5 rings (SSSR count). The maximum atomic E-state index is 13.8. The summed E-state index contributed by atoms with van der Waals surface area (Å²) in [6.07, 6.45) is -2.39. The van der Waals surface area contributed by atoms with Crippen LogP contribution in [0.2, 0.25) is 0 Å². The SMILES string of the molecule is CC1(C(F)(F)F)CCCCN1Cc1ccc(COc2cccc3c2CN(C2CCC(=O)NC2=O)C3=O)cc1. The van der Waals surface area contributed by atoms with E-state index in [4.69, 9.17) is 4.74 Å². The van der Waals surface area contributed by atoms with Gasteiger partial charge in [0.25, 0.3) is 5.91 Å². The van der Waals surface area contributed by atoms with Crippen molar-refractivity contribution >= 4 is 17.7 Å². The van der Waals surface area contributed by atoms with Crippen LogP contribution in [0.1, 0.15) is 66.1 Å². The van der Waals surface area contributed by atoms with E-state index < -0.39 is 23.7 Å². The Bertz CT molecular complexity index is 1250. The highest BCUT2D eigenvalue weighted by Gasteiger charge is 2.55. The van der Waals surface area contributed by atoms with Crippen LogP contribution in [-0.4, -0.2) is 51.8 Å². The fourth-order valence-electron chi connectivity index (χ4n) is 5.57. The minimum Gasteiger partial charge on any atom is -0.489 e. The summed E-state index contributed by atoms with van der Waals surface area (Å²) in [5.41, 5.74) is 0.985. The molecule has 2 aromatic rings.